The zero-order valence-corrected chi connectivity index (χ0v) is 10.3. The molecule has 3 heteroatoms. The number of hydrogen-bond acceptors (Lipinski definition) is 2. The van der Waals surface area contributed by atoms with Crippen LogP contribution in [-0.4, -0.2) is 12.5 Å². The Morgan fingerprint density at radius 3 is 2.59 bits per heavy atom. The Morgan fingerprint density at radius 2 is 2.06 bits per heavy atom. The van der Waals surface area contributed by atoms with E-state index >= 15 is 0 Å². The maximum absolute atomic E-state index is 11.9. The third kappa shape index (κ3) is 2.67. The number of amides is 1. The summed E-state index contributed by atoms with van der Waals surface area (Å²) in [7, 11) is 0. The summed E-state index contributed by atoms with van der Waals surface area (Å²) in [4.78, 5) is 11.9. The van der Waals surface area contributed by atoms with Gasteiger partial charge in [0.05, 0.1) is 0 Å². The van der Waals surface area contributed by atoms with Gasteiger partial charge in [0.15, 0.2) is 0 Å². The van der Waals surface area contributed by atoms with Gasteiger partial charge in [0, 0.05) is 18.0 Å². The topological polar surface area (TPSA) is 55.1 Å². The van der Waals surface area contributed by atoms with Crippen molar-refractivity contribution in [1.82, 2.24) is 5.32 Å². The fourth-order valence-corrected chi connectivity index (χ4v) is 2.17. The van der Waals surface area contributed by atoms with Gasteiger partial charge in [0.1, 0.15) is 0 Å². The number of nitrogens with two attached hydrogens (primary N) is 1. The summed E-state index contributed by atoms with van der Waals surface area (Å²) in [6.45, 7) is 2.54. The monoisotopic (exact) mass is 232 g/mol. The Kier molecular flexibility index (Phi) is 3.48. The van der Waals surface area contributed by atoms with Crippen molar-refractivity contribution in [3.8, 4) is 0 Å². The van der Waals surface area contributed by atoms with Crippen LogP contribution >= 0.6 is 0 Å². The Hall–Kier alpha value is -1.35. The van der Waals surface area contributed by atoms with E-state index in [1.807, 2.05) is 37.3 Å². The summed E-state index contributed by atoms with van der Waals surface area (Å²) in [6.07, 6.45) is 3.16. The van der Waals surface area contributed by atoms with Gasteiger partial charge >= 0.3 is 0 Å². The van der Waals surface area contributed by atoms with Crippen molar-refractivity contribution < 1.29 is 4.79 Å². The lowest BCUT2D eigenvalue weighted by molar-refractivity contribution is -0.134. The van der Waals surface area contributed by atoms with E-state index in [-0.39, 0.29) is 17.4 Å². The summed E-state index contributed by atoms with van der Waals surface area (Å²) in [6, 6.07) is 9.74. The van der Waals surface area contributed by atoms with Crippen LogP contribution in [0.4, 0.5) is 0 Å². The number of rotatable bonds is 4. The van der Waals surface area contributed by atoms with Gasteiger partial charge in [-0.2, -0.15) is 0 Å². The van der Waals surface area contributed by atoms with E-state index in [1.54, 1.807) is 0 Å². The van der Waals surface area contributed by atoms with Gasteiger partial charge < -0.3 is 11.1 Å². The second-order valence-electron chi connectivity index (χ2n) is 5.14. The summed E-state index contributed by atoms with van der Waals surface area (Å²) < 4.78 is 0. The summed E-state index contributed by atoms with van der Waals surface area (Å²) in [5, 5.41) is 2.96. The average molecular weight is 232 g/mol. The van der Waals surface area contributed by atoms with Gasteiger partial charge in [0.2, 0.25) is 5.91 Å². The Morgan fingerprint density at radius 1 is 1.41 bits per heavy atom. The second kappa shape index (κ2) is 4.88. The van der Waals surface area contributed by atoms with Crippen LogP contribution in [-0.2, 0) is 4.79 Å². The van der Waals surface area contributed by atoms with Gasteiger partial charge in [-0.15, -0.1) is 0 Å². The number of benzene rings is 1. The van der Waals surface area contributed by atoms with Gasteiger partial charge in [-0.05, 0) is 18.4 Å². The minimum atomic E-state index is -0.142. The predicted molar refractivity (Wildman–Crippen MR) is 68.3 cm³/mol. The molecular formula is C14H20N2O. The van der Waals surface area contributed by atoms with Gasteiger partial charge in [-0.1, -0.05) is 43.7 Å². The molecule has 0 radical (unpaired) electrons. The first-order valence-electron chi connectivity index (χ1n) is 6.21. The quantitative estimate of drug-likeness (QED) is 0.834. The first-order chi connectivity index (χ1) is 8.12. The second-order valence-corrected chi connectivity index (χ2v) is 5.14. The lowest BCUT2D eigenvalue weighted by Gasteiger charge is -2.36. The number of nitrogens with one attached hydrogen (secondary N) is 1. The molecule has 3 N–H and O–H groups in total. The van der Waals surface area contributed by atoms with Crippen molar-refractivity contribution in [2.75, 3.05) is 6.54 Å². The number of carbonyl (C=O) groups is 1. The van der Waals surface area contributed by atoms with Crippen molar-refractivity contribution in [2.45, 2.75) is 32.2 Å². The fourth-order valence-electron chi connectivity index (χ4n) is 2.17. The Labute approximate surface area is 102 Å². The highest BCUT2D eigenvalue weighted by molar-refractivity contribution is 5.83. The van der Waals surface area contributed by atoms with Crippen LogP contribution in [0.2, 0.25) is 0 Å². The summed E-state index contributed by atoms with van der Waals surface area (Å²) in [5.41, 5.74) is 6.95. The zero-order valence-electron chi connectivity index (χ0n) is 10.3. The molecule has 1 amide bonds. The molecule has 1 fully saturated rings. The van der Waals surface area contributed by atoms with Crippen LogP contribution < -0.4 is 11.1 Å². The minimum absolute atomic E-state index is 0.121. The summed E-state index contributed by atoms with van der Waals surface area (Å²) >= 11 is 0. The Bertz CT molecular complexity index is 384. The van der Waals surface area contributed by atoms with E-state index in [0.29, 0.717) is 6.54 Å². The van der Waals surface area contributed by atoms with Crippen molar-refractivity contribution in [3.63, 3.8) is 0 Å². The molecule has 0 aromatic heterocycles. The highest BCUT2D eigenvalue weighted by Gasteiger charge is 2.39. The molecule has 0 aliphatic heterocycles. The largest absolute Gasteiger partial charge is 0.354 e. The molecule has 17 heavy (non-hydrogen) atoms. The molecule has 1 unspecified atom stereocenters. The van der Waals surface area contributed by atoms with Crippen molar-refractivity contribution in [3.05, 3.63) is 35.9 Å². The molecule has 3 nitrogen and oxygen atoms in total. The first kappa shape index (κ1) is 12.1. The fraction of sp³-hybridized carbons (Fsp3) is 0.500. The molecule has 1 aliphatic carbocycles. The van der Waals surface area contributed by atoms with E-state index in [9.17, 15) is 4.79 Å². The molecule has 0 saturated heterocycles. The van der Waals surface area contributed by atoms with E-state index in [0.717, 1.165) is 24.8 Å². The van der Waals surface area contributed by atoms with Crippen LogP contribution in [0.5, 0.6) is 0 Å². The van der Waals surface area contributed by atoms with Crippen LogP contribution in [0.1, 0.15) is 37.8 Å². The van der Waals surface area contributed by atoms with Crippen molar-refractivity contribution >= 4 is 5.91 Å². The third-order valence-corrected chi connectivity index (χ3v) is 3.72. The summed E-state index contributed by atoms with van der Waals surface area (Å²) in [5.74, 6) is 0.148. The van der Waals surface area contributed by atoms with E-state index in [1.165, 1.54) is 0 Å². The van der Waals surface area contributed by atoms with Crippen LogP contribution in [0.15, 0.2) is 30.3 Å². The highest BCUT2D eigenvalue weighted by Crippen LogP contribution is 2.40. The molecule has 2 rings (SSSR count). The number of hydrogen-bond donors (Lipinski definition) is 2. The molecule has 1 saturated carbocycles. The maximum Gasteiger partial charge on any atom is 0.226 e. The SMILES string of the molecule is CC1(C(=O)NCC(N)c2ccccc2)CCC1. The van der Waals surface area contributed by atoms with Gasteiger partial charge in [-0.3, -0.25) is 4.79 Å². The normalized spacial score (nSPS) is 19.2. The van der Waals surface area contributed by atoms with Crippen LogP contribution in [0.25, 0.3) is 0 Å². The molecule has 92 valence electrons. The molecule has 1 aliphatic rings. The molecule has 1 aromatic carbocycles. The van der Waals surface area contributed by atoms with Crippen LogP contribution in [0, 0.1) is 5.41 Å². The van der Waals surface area contributed by atoms with E-state index in [4.69, 9.17) is 5.73 Å². The molecule has 1 atom stereocenters. The Balaban J connectivity index is 1.84. The standard InChI is InChI=1S/C14H20N2O/c1-14(8-5-9-14)13(17)16-10-12(15)11-6-3-2-4-7-11/h2-4,6-7,12H,5,8-10,15H2,1H3,(H,16,17). The zero-order chi connectivity index (χ0) is 12.3. The van der Waals surface area contributed by atoms with Crippen molar-refractivity contribution in [1.29, 1.82) is 0 Å². The van der Waals surface area contributed by atoms with Gasteiger partial charge in [-0.25, -0.2) is 0 Å². The molecule has 0 bridgehead atoms. The molecular weight excluding hydrogens is 212 g/mol. The lowest BCUT2D eigenvalue weighted by atomic mass is 9.70. The van der Waals surface area contributed by atoms with Crippen molar-refractivity contribution in [2.24, 2.45) is 11.1 Å². The maximum atomic E-state index is 11.9. The molecule has 0 heterocycles. The van der Waals surface area contributed by atoms with Crippen LogP contribution in [0.3, 0.4) is 0 Å². The lowest BCUT2D eigenvalue weighted by Crippen LogP contribution is -2.45. The highest BCUT2D eigenvalue weighted by atomic mass is 16.2. The van der Waals surface area contributed by atoms with Gasteiger partial charge in [0.25, 0.3) is 0 Å². The third-order valence-electron chi connectivity index (χ3n) is 3.72. The number of carbonyl (C=O) groups excluding carboxylic acids is 1. The minimum Gasteiger partial charge on any atom is -0.354 e. The first-order valence-corrected chi connectivity index (χ1v) is 6.21. The predicted octanol–water partition coefficient (Wildman–Crippen LogP) is 1.99. The molecule has 1 aromatic rings. The van der Waals surface area contributed by atoms with E-state index < -0.39 is 0 Å². The van der Waals surface area contributed by atoms with E-state index in [2.05, 4.69) is 5.32 Å². The smallest absolute Gasteiger partial charge is 0.226 e. The molecule has 0 spiro atoms. The average Bonchev–Trinajstić information content (AvgIpc) is 2.33.